The molecule has 0 atom stereocenters. The summed E-state index contributed by atoms with van der Waals surface area (Å²) >= 11 is 0. The topological polar surface area (TPSA) is 89.3 Å². The second-order valence-electron chi connectivity index (χ2n) is 15.7. The van der Waals surface area contributed by atoms with E-state index in [2.05, 4.69) is 119 Å². The first-order valence-corrected chi connectivity index (χ1v) is 22.1. The van der Waals surface area contributed by atoms with Crippen LogP contribution in [0.5, 0.6) is 11.5 Å². The molecular weight excluding hydrogens is 801 g/mol. The maximum atomic E-state index is 6.10. The molecule has 0 saturated carbocycles. The first-order valence-electron chi connectivity index (χ1n) is 22.1. The highest BCUT2D eigenvalue weighted by atomic mass is 16.5. The molecule has 0 saturated heterocycles. The van der Waals surface area contributed by atoms with Gasteiger partial charge in [-0.25, -0.2) is 9.97 Å². The Hall–Kier alpha value is -6.82. The van der Waals surface area contributed by atoms with Crippen LogP contribution in [0.25, 0.3) is 71.8 Å². The van der Waals surface area contributed by atoms with Gasteiger partial charge in [0.15, 0.2) is 0 Å². The summed E-state index contributed by atoms with van der Waals surface area (Å²) in [7, 11) is 0. The normalized spacial score (nSPS) is 15.3. The number of ether oxygens (including phenoxy) is 6. The summed E-state index contributed by atoms with van der Waals surface area (Å²) in [5.74, 6) is 1.55. The van der Waals surface area contributed by atoms with Gasteiger partial charge in [0.25, 0.3) is 0 Å². The number of rotatable bonds is 2. The Morgan fingerprint density at radius 1 is 0.375 bits per heavy atom. The van der Waals surface area contributed by atoms with E-state index in [0.29, 0.717) is 79.2 Å². The molecule has 9 aromatic rings. The lowest BCUT2D eigenvalue weighted by atomic mass is 10.1. The fourth-order valence-corrected chi connectivity index (χ4v) is 8.35. The Morgan fingerprint density at radius 2 is 0.859 bits per heavy atom. The van der Waals surface area contributed by atoms with Crippen molar-refractivity contribution in [3.05, 3.63) is 158 Å². The lowest BCUT2D eigenvalue weighted by molar-refractivity contribution is 0.0347. The smallest absolute Gasteiger partial charge is 0.119 e. The van der Waals surface area contributed by atoms with Crippen LogP contribution in [0.1, 0.15) is 0 Å². The van der Waals surface area contributed by atoms with Crippen molar-refractivity contribution in [2.24, 2.45) is 0 Å². The summed E-state index contributed by atoms with van der Waals surface area (Å²) in [6.07, 6.45) is 0. The molecule has 0 unspecified atom stereocenters. The molecule has 0 radical (unpaired) electrons. The fourth-order valence-electron chi connectivity index (χ4n) is 8.35. The third kappa shape index (κ3) is 9.27. The molecule has 3 aliphatic rings. The quantitative estimate of drug-likeness (QED) is 0.158. The van der Waals surface area contributed by atoms with Crippen LogP contribution in [0.2, 0.25) is 0 Å². The minimum Gasteiger partial charge on any atom is -0.491 e. The molecule has 3 aliphatic heterocycles. The zero-order chi connectivity index (χ0) is 42.9. The molecule has 0 amide bonds. The fraction of sp³-hybridized carbons (Fsp3) is 0.222. The highest BCUT2D eigenvalue weighted by Gasteiger charge is 2.16. The summed E-state index contributed by atoms with van der Waals surface area (Å²) in [6, 6.07) is 54.5. The summed E-state index contributed by atoms with van der Waals surface area (Å²) in [6.45, 7) is 6.20. The van der Waals surface area contributed by atoms with E-state index in [1.807, 2.05) is 48.5 Å². The zero-order valence-corrected chi connectivity index (χ0v) is 35.7. The van der Waals surface area contributed by atoms with Gasteiger partial charge in [-0.2, -0.15) is 0 Å². The van der Waals surface area contributed by atoms with Crippen LogP contribution in [0.4, 0.5) is 5.69 Å². The molecule has 0 aliphatic carbocycles. The van der Waals surface area contributed by atoms with Gasteiger partial charge < -0.3 is 37.9 Å². The van der Waals surface area contributed by atoms with Crippen molar-refractivity contribution in [1.29, 1.82) is 0 Å². The molecule has 6 heterocycles. The van der Waals surface area contributed by atoms with E-state index in [4.69, 9.17) is 38.4 Å². The first-order chi connectivity index (χ1) is 31.7. The van der Waals surface area contributed by atoms with Gasteiger partial charge in [0.05, 0.1) is 86.3 Å². The van der Waals surface area contributed by atoms with Crippen molar-refractivity contribution >= 4 is 49.3 Å². The van der Waals surface area contributed by atoms with Gasteiger partial charge in [0.2, 0.25) is 0 Å². The van der Waals surface area contributed by atoms with Crippen molar-refractivity contribution in [2.75, 3.05) is 84.1 Å². The van der Waals surface area contributed by atoms with Gasteiger partial charge in [-0.05, 0) is 97.1 Å². The molecular formula is C54H50N4O6. The summed E-state index contributed by atoms with van der Waals surface area (Å²) < 4.78 is 38.3. The van der Waals surface area contributed by atoms with Gasteiger partial charge in [0, 0.05) is 57.1 Å². The molecule has 8 bridgehead atoms. The maximum Gasteiger partial charge on any atom is 0.119 e. The predicted octanol–water partition coefficient (Wildman–Crippen LogP) is 10.6. The van der Waals surface area contributed by atoms with Crippen LogP contribution in [0.3, 0.4) is 0 Å². The molecule has 322 valence electrons. The van der Waals surface area contributed by atoms with Crippen molar-refractivity contribution in [1.82, 2.24) is 14.5 Å². The van der Waals surface area contributed by atoms with Crippen molar-refractivity contribution in [3.63, 3.8) is 0 Å². The third-order valence-electron chi connectivity index (χ3n) is 11.6. The van der Waals surface area contributed by atoms with E-state index in [9.17, 15) is 0 Å². The van der Waals surface area contributed by atoms with Crippen LogP contribution in [-0.4, -0.2) is 93.7 Å². The highest BCUT2D eigenvalue weighted by molar-refractivity contribution is 6.10. The number of pyridine rings is 2. The summed E-state index contributed by atoms with van der Waals surface area (Å²) in [5, 5.41) is 4.50. The highest BCUT2D eigenvalue weighted by Crippen LogP contribution is 2.35. The lowest BCUT2D eigenvalue weighted by Gasteiger charge is -2.25. The van der Waals surface area contributed by atoms with Crippen molar-refractivity contribution < 1.29 is 28.4 Å². The standard InChI is InChI=1S/C54H50N4O6/c1-2-6-43(7-3-1)58-51-9-5-4-8-47(51)48-38-44(18-25-52(48)58)57-26-28-59-30-32-61-34-36-63-45-19-12-39(13-20-45)49-23-16-41-10-11-42-17-24-50(56-54(42)53(41)55-49)40-14-21-46(22-15-40)64-37-35-62-33-31-60-29-27-57/h1-25,38H,26-37H2. The minimum atomic E-state index is 0.436. The summed E-state index contributed by atoms with van der Waals surface area (Å²) in [4.78, 5) is 12.6. The Labute approximate surface area is 372 Å². The van der Waals surface area contributed by atoms with E-state index in [1.54, 1.807) is 0 Å². The van der Waals surface area contributed by atoms with E-state index < -0.39 is 0 Å². The SMILES string of the molecule is c1ccc(-n2c3ccccc3c3cc(N4CCOCCOCCOc5ccc(cc5)-c5ccc6ccc7ccc(nc7c6n5)-c5ccc(cc5)OCCOCCOCC4)ccc32)cc1. The minimum absolute atomic E-state index is 0.436. The molecule has 64 heavy (non-hydrogen) atoms. The Kier molecular flexibility index (Phi) is 12.7. The number of anilines is 1. The molecule has 10 heteroatoms. The Balaban J connectivity index is 0.829. The van der Waals surface area contributed by atoms with Gasteiger partial charge in [-0.3, -0.25) is 0 Å². The molecule has 0 spiro atoms. The Morgan fingerprint density at radius 3 is 1.44 bits per heavy atom. The van der Waals surface area contributed by atoms with Gasteiger partial charge >= 0.3 is 0 Å². The second-order valence-corrected chi connectivity index (χ2v) is 15.7. The summed E-state index contributed by atoms with van der Waals surface area (Å²) in [5.41, 5.74) is 10.1. The Bertz CT molecular complexity index is 2850. The molecule has 0 fully saturated rings. The van der Waals surface area contributed by atoms with Crippen molar-refractivity contribution in [3.8, 4) is 39.7 Å². The number of benzene rings is 6. The largest absolute Gasteiger partial charge is 0.491 e. The van der Waals surface area contributed by atoms with Gasteiger partial charge in [-0.15, -0.1) is 0 Å². The molecule has 3 aromatic heterocycles. The van der Waals surface area contributed by atoms with Crippen molar-refractivity contribution in [2.45, 2.75) is 0 Å². The van der Waals surface area contributed by atoms with E-state index in [0.717, 1.165) is 67.2 Å². The van der Waals surface area contributed by atoms with Gasteiger partial charge in [-0.1, -0.05) is 60.7 Å². The average molecular weight is 851 g/mol. The zero-order valence-electron chi connectivity index (χ0n) is 35.7. The van der Waals surface area contributed by atoms with Gasteiger partial charge in [0.1, 0.15) is 24.7 Å². The number of aromatic nitrogens is 3. The lowest BCUT2D eigenvalue weighted by Crippen LogP contribution is -2.31. The van der Waals surface area contributed by atoms with E-state index in [-0.39, 0.29) is 0 Å². The monoisotopic (exact) mass is 850 g/mol. The van der Waals surface area contributed by atoms with Crippen LogP contribution in [0, 0.1) is 0 Å². The van der Waals surface area contributed by atoms with Crippen LogP contribution in [-0.2, 0) is 18.9 Å². The second kappa shape index (κ2) is 19.7. The van der Waals surface area contributed by atoms with Crippen LogP contribution in [0.15, 0.2) is 158 Å². The maximum absolute atomic E-state index is 6.10. The van der Waals surface area contributed by atoms with Crippen LogP contribution >= 0.6 is 0 Å². The number of hydrogen-bond donors (Lipinski definition) is 0. The van der Waals surface area contributed by atoms with E-state index >= 15 is 0 Å². The third-order valence-corrected chi connectivity index (χ3v) is 11.6. The molecule has 6 aromatic carbocycles. The molecule has 0 N–H and O–H groups in total. The number of hydrogen-bond acceptors (Lipinski definition) is 9. The molecule has 10 nitrogen and oxygen atoms in total. The number of fused-ring (bicyclic) bond motifs is 5. The molecule has 12 rings (SSSR count). The van der Waals surface area contributed by atoms with E-state index in [1.165, 1.54) is 21.8 Å². The number of para-hydroxylation sites is 2. The predicted molar refractivity (Wildman–Crippen MR) is 255 cm³/mol. The average Bonchev–Trinajstić information content (AvgIpc) is 3.68. The number of nitrogens with zero attached hydrogens (tertiary/aromatic N) is 4. The van der Waals surface area contributed by atoms with Crippen LogP contribution < -0.4 is 14.4 Å². The first kappa shape index (κ1) is 41.2.